The summed E-state index contributed by atoms with van der Waals surface area (Å²) in [5.74, 6) is -0.518. The molecule has 104 valence electrons. The second-order valence-corrected chi connectivity index (χ2v) is 5.22. The number of carboxylic acid groups (broad SMARTS) is 1. The van der Waals surface area contributed by atoms with Crippen molar-refractivity contribution in [2.45, 2.75) is 25.3 Å². The fourth-order valence-corrected chi connectivity index (χ4v) is 1.74. The summed E-state index contributed by atoms with van der Waals surface area (Å²) >= 11 is 0. The summed E-state index contributed by atoms with van der Waals surface area (Å²) in [6.07, 6.45) is 2.04. The van der Waals surface area contributed by atoms with Crippen LogP contribution >= 0.6 is 0 Å². The predicted octanol–water partition coefficient (Wildman–Crippen LogP) is 0.443. The number of hydrogen-bond acceptors (Lipinski definition) is 3. The van der Waals surface area contributed by atoms with Gasteiger partial charge in [-0.3, -0.25) is 4.79 Å². The fourth-order valence-electron chi connectivity index (χ4n) is 1.74. The molecule has 0 aromatic rings. The van der Waals surface area contributed by atoms with Gasteiger partial charge >= 0.3 is 12.0 Å². The zero-order chi connectivity index (χ0) is 13.7. The highest BCUT2D eigenvalue weighted by molar-refractivity contribution is 5.75. The first kappa shape index (κ1) is 14.8. The molecule has 0 radical (unpaired) electrons. The van der Waals surface area contributed by atoms with E-state index < -0.39 is 5.97 Å². The number of carbonyl (C=O) groups is 2. The molecule has 0 saturated heterocycles. The van der Waals surface area contributed by atoms with Crippen LogP contribution in [0, 0.1) is 5.92 Å². The van der Waals surface area contributed by atoms with E-state index in [-0.39, 0.29) is 18.5 Å². The quantitative estimate of drug-likeness (QED) is 0.694. The molecule has 0 aliphatic heterocycles. The number of aliphatic carboxylic acids is 1. The lowest BCUT2D eigenvalue weighted by Crippen LogP contribution is -2.46. The molecule has 0 aromatic heterocycles. The number of carbonyl (C=O) groups excluding carboxylic acids is 1. The van der Waals surface area contributed by atoms with Crippen LogP contribution in [-0.2, 0) is 4.79 Å². The largest absolute Gasteiger partial charge is 0.481 e. The third-order valence-corrected chi connectivity index (χ3v) is 3.12. The Morgan fingerprint density at radius 2 is 1.89 bits per heavy atom. The summed E-state index contributed by atoms with van der Waals surface area (Å²) in [6.45, 7) is 1.42. The zero-order valence-electron chi connectivity index (χ0n) is 11.3. The van der Waals surface area contributed by atoms with Gasteiger partial charge in [0.25, 0.3) is 0 Å². The summed E-state index contributed by atoms with van der Waals surface area (Å²) in [5.41, 5.74) is 0. The van der Waals surface area contributed by atoms with Gasteiger partial charge < -0.3 is 20.2 Å². The molecule has 18 heavy (non-hydrogen) atoms. The minimum atomic E-state index is -0.858. The number of nitrogens with zero attached hydrogens (tertiary/aromatic N) is 2. The highest BCUT2D eigenvalue weighted by Gasteiger charge is 2.34. The van der Waals surface area contributed by atoms with Crippen LogP contribution in [-0.4, -0.2) is 67.2 Å². The molecule has 2 amide bonds. The molecule has 1 fully saturated rings. The van der Waals surface area contributed by atoms with Crippen molar-refractivity contribution in [2.24, 2.45) is 5.92 Å². The summed E-state index contributed by atoms with van der Waals surface area (Å²) in [7, 11) is 5.62. The van der Waals surface area contributed by atoms with Gasteiger partial charge in [-0.25, -0.2) is 4.79 Å². The first-order valence-corrected chi connectivity index (χ1v) is 6.28. The van der Waals surface area contributed by atoms with Crippen LogP contribution in [0.2, 0.25) is 0 Å². The summed E-state index contributed by atoms with van der Waals surface area (Å²) in [5, 5.41) is 11.6. The SMILES string of the molecule is CN(C)CCN(C)C(=O)NC(CC(=O)O)C1CC1. The normalized spacial score (nSPS) is 16.4. The van der Waals surface area contributed by atoms with Gasteiger partial charge in [-0.1, -0.05) is 0 Å². The predicted molar refractivity (Wildman–Crippen MR) is 68.5 cm³/mol. The first-order chi connectivity index (χ1) is 8.40. The molecular weight excluding hydrogens is 234 g/mol. The molecule has 0 bridgehead atoms. The van der Waals surface area contributed by atoms with E-state index in [1.807, 2.05) is 19.0 Å². The molecule has 1 aliphatic rings. The fraction of sp³-hybridized carbons (Fsp3) is 0.833. The van der Waals surface area contributed by atoms with Crippen molar-refractivity contribution in [3.8, 4) is 0 Å². The van der Waals surface area contributed by atoms with Crippen molar-refractivity contribution in [1.29, 1.82) is 0 Å². The van der Waals surface area contributed by atoms with Gasteiger partial charge in [-0.05, 0) is 32.9 Å². The second kappa shape index (κ2) is 6.58. The van der Waals surface area contributed by atoms with Gasteiger partial charge in [0.2, 0.25) is 0 Å². The number of nitrogens with one attached hydrogen (secondary N) is 1. The van der Waals surface area contributed by atoms with Crippen LogP contribution in [0.15, 0.2) is 0 Å². The molecular formula is C12H23N3O3. The summed E-state index contributed by atoms with van der Waals surface area (Å²) in [4.78, 5) is 26.2. The lowest BCUT2D eigenvalue weighted by Gasteiger charge is -2.23. The topological polar surface area (TPSA) is 72.9 Å². The second-order valence-electron chi connectivity index (χ2n) is 5.22. The number of urea groups is 1. The Balaban J connectivity index is 2.37. The van der Waals surface area contributed by atoms with Gasteiger partial charge in [-0.15, -0.1) is 0 Å². The van der Waals surface area contributed by atoms with E-state index in [0.717, 1.165) is 19.4 Å². The number of amides is 2. The van der Waals surface area contributed by atoms with Crippen molar-refractivity contribution in [3.05, 3.63) is 0 Å². The molecule has 1 saturated carbocycles. The van der Waals surface area contributed by atoms with E-state index in [0.29, 0.717) is 12.5 Å². The molecule has 6 nitrogen and oxygen atoms in total. The lowest BCUT2D eigenvalue weighted by molar-refractivity contribution is -0.137. The summed E-state index contributed by atoms with van der Waals surface area (Å²) < 4.78 is 0. The standard InChI is InChI=1S/C12H23N3O3/c1-14(2)6-7-15(3)12(18)13-10(8-11(16)17)9-4-5-9/h9-10H,4-8H2,1-3H3,(H,13,18)(H,16,17). The minimum Gasteiger partial charge on any atom is -0.481 e. The summed E-state index contributed by atoms with van der Waals surface area (Å²) in [6, 6.07) is -0.410. The number of hydrogen-bond donors (Lipinski definition) is 2. The maximum Gasteiger partial charge on any atom is 0.317 e. The van der Waals surface area contributed by atoms with Crippen molar-refractivity contribution in [2.75, 3.05) is 34.2 Å². The molecule has 1 atom stereocenters. The van der Waals surface area contributed by atoms with Crippen LogP contribution in [0.25, 0.3) is 0 Å². The molecule has 0 spiro atoms. The highest BCUT2D eigenvalue weighted by Crippen LogP contribution is 2.34. The van der Waals surface area contributed by atoms with E-state index >= 15 is 0 Å². The van der Waals surface area contributed by atoms with Gasteiger partial charge in [0.1, 0.15) is 0 Å². The average molecular weight is 257 g/mol. The Morgan fingerprint density at radius 3 is 2.33 bits per heavy atom. The van der Waals surface area contributed by atoms with Crippen LogP contribution in [0.3, 0.4) is 0 Å². The number of rotatable bonds is 7. The van der Waals surface area contributed by atoms with E-state index in [2.05, 4.69) is 5.32 Å². The Hall–Kier alpha value is -1.30. The molecule has 1 aliphatic carbocycles. The average Bonchev–Trinajstić information content (AvgIpc) is 3.07. The maximum absolute atomic E-state index is 11.9. The Bertz CT molecular complexity index is 303. The lowest BCUT2D eigenvalue weighted by atomic mass is 10.1. The molecule has 0 heterocycles. The van der Waals surface area contributed by atoms with Crippen LogP contribution < -0.4 is 5.32 Å². The van der Waals surface area contributed by atoms with Crippen LogP contribution in [0.5, 0.6) is 0 Å². The van der Waals surface area contributed by atoms with E-state index in [4.69, 9.17) is 5.11 Å². The van der Waals surface area contributed by atoms with E-state index in [9.17, 15) is 9.59 Å². The zero-order valence-corrected chi connectivity index (χ0v) is 11.3. The van der Waals surface area contributed by atoms with Crippen LogP contribution in [0.4, 0.5) is 4.79 Å². The van der Waals surface area contributed by atoms with Crippen molar-refractivity contribution >= 4 is 12.0 Å². The first-order valence-electron chi connectivity index (χ1n) is 6.28. The third kappa shape index (κ3) is 5.35. The molecule has 0 aromatic carbocycles. The van der Waals surface area contributed by atoms with E-state index in [1.54, 1.807) is 11.9 Å². The number of carboxylic acids is 1. The maximum atomic E-state index is 11.9. The van der Waals surface area contributed by atoms with Gasteiger partial charge in [0.05, 0.1) is 6.42 Å². The van der Waals surface area contributed by atoms with Gasteiger partial charge in [0, 0.05) is 26.2 Å². The highest BCUT2D eigenvalue weighted by atomic mass is 16.4. The molecule has 1 rings (SSSR count). The molecule has 1 unspecified atom stereocenters. The van der Waals surface area contributed by atoms with Gasteiger partial charge in [-0.2, -0.15) is 0 Å². The van der Waals surface area contributed by atoms with Crippen molar-refractivity contribution < 1.29 is 14.7 Å². The van der Waals surface area contributed by atoms with Crippen molar-refractivity contribution in [3.63, 3.8) is 0 Å². The Kier molecular flexibility index (Phi) is 5.40. The Labute approximate surface area is 108 Å². The molecule has 2 N–H and O–H groups in total. The van der Waals surface area contributed by atoms with Crippen LogP contribution in [0.1, 0.15) is 19.3 Å². The molecule has 6 heteroatoms. The van der Waals surface area contributed by atoms with Crippen molar-refractivity contribution in [1.82, 2.24) is 15.1 Å². The monoisotopic (exact) mass is 257 g/mol. The smallest absolute Gasteiger partial charge is 0.317 e. The van der Waals surface area contributed by atoms with E-state index in [1.165, 1.54) is 0 Å². The third-order valence-electron chi connectivity index (χ3n) is 3.12. The van der Waals surface area contributed by atoms with Gasteiger partial charge in [0.15, 0.2) is 0 Å². The number of likely N-dealkylation sites (N-methyl/N-ethyl adjacent to an activating group) is 2. The minimum absolute atomic E-state index is 0.0118. The Morgan fingerprint density at radius 1 is 1.28 bits per heavy atom.